The Hall–Kier alpha value is -1.04. The van der Waals surface area contributed by atoms with Crippen molar-refractivity contribution in [2.75, 3.05) is 13.7 Å². The summed E-state index contributed by atoms with van der Waals surface area (Å²) in [6.07, 6.45) is 0.881. The molecule has 0 spiro atoms. The first-order valence-corrected chi connectivity index (χ1v) is 8.90. The number of aliphatic hydroxyl groups is 1. The van der Waals surface area contributed by atoms with Gasteiger partial charge in [-0.05, 0) is 45.7 Å². The van der Waals surface area contributed by atoms with Crippen molar-refractivity contribution in [2.24, 2.45) is 0 Å². The van der Waals surface area contributed by atoms with Crippen LogP contribution in [0.1, 0.15) is 66.4 Å². The first-order valence-electron chi connectivity index (χ1n) is 8.90. The van der Waals surface area contributed by atoms with Crippen molar-refractivity contribution in [2.45, 2.75) is 72.0 Å². The molecule has 0 saturated carbocycles. The molecule has 5 heteroatoms. The number of hydrogen-bond acceptors (Lipinski definition) is 4. The standard InChI is InChI=1S/C17H27BO4.C2H6/c1-7-12(11-19)13-8-9-15(20-6)14(10-13)18-21-16(2,3)17(4,5)22-18;1-2/h8-10,12,19H,7,11H2,1-6H3;1-2H3. The highest BCUT2D eigenvalue weighted by atomic mass is 16.7. The first kappa shape index (κ1) is 21.0. The number of hydrogen-bond donors (Lipinski definition) is 1. The maximum absolute atomic E-state index is 9.53. The van der Waals surface area contributed by atoms with Gasteiger partial charge in [0.25, 0.3) is 0 Å². The van der Waals surface area contributed by atoms with Gasteiger partial charge in [-0.25, -0.2) is 0 Å². The van der Waals surface area contributed by atoms with E-state index in [0.29, 0.717) is 0 Å². The van der Waals surface area contributed by atoms with Gasteiger partial charge in [-0.2, -0.15) is 0 Å². The minimum Gasteiger partial charge on any atom is -0.497 e. The molecule has 0 amide bonds. The molecular formula is C19H33BO4. The molecule has 1 aromatic carbocycles. The monoisotopic (exact) mass is 336 g/mol. The zero-order valence-corrected chi connectivity index (χ0v) is 16.5. The highest BCUT2D eigenvalue weighted by Gasteiger charge is 2.52. The highest BCUT2D eigenvalue weighted by Crippen LogP contribution is 2.37. The van der Waals surface area contributed by atoms with Gasteiger partial charge in [0.05, 0.1) is 18.3 Å². The number of rotatable bonds is 5. The Morgan fingerprint density at radius 1 is 1.12 bits per heavy atom. The predicted molar refractivity (Wildman–Crippen MR) is 100 cm³/mol. The van der Waals surface area contributed by atoms with E-state index in [2.05, 4.69) is 6.92 Å². The number of aliphatic hydroxyl groups excluding tert-OH is 1. The van der Waals surface area contributed by atoms with E-state index in [4.69, 9.17) is 14.0 Å². The van der Waals surface area contributed by atoms with Gasteiger partial charge in [-0.1, -0.05) is 32.9 Å². The maximum Gasteiger partial charge on any atom is 0.498 e. The zero-order chi connectivity index (χ0) is 18.5. The van der Waals surface area contributed by atoms with E-state index in [1.54, 1.807) is 7.11 Å². The van der Waals surface area contributed by atoms with Crippen LogP contribution >= 0.6 is 0 Å². The van der Waals surface area contributed by atoms with E-state index in [9.17, 15) is 5.11 Å². The average Bonchev–Trinajstić information content (AvgIpc) is 2.78. The van der Waals surface area contributed by atoms with E-state index in [0.717, 1.165) is 23.2 Å². The molecule has 1 aliphatic rings. The van der Waals surface area contributed by atoms with Crippen LogP contribution in [0.15, 0.2) is 18.2 Å². The summed E-state index contributed by atoms with van der Waals surface area (Å²) in [6, 6.07) is 5.96. The van der Waals surface area contributed by atoms with Crippen LogP contribution in [0, 0.1) is 0 Å². The molecule has 136 valence electrons. The summed E-state index contributed by atoms with van der Waals surface area (Å²) in [5.74, 6) is 0.863. The fourth-order valence-corrected chi connectivity index (χ4v) is 2.63. The van der Waals surface area contributed by atoms with Crippen molar-refractivity contribution in [1.29, 1.82) is 0 Å². The van der Waals surface area contributed by atoms with E-state index in [1.165, 1.54) is 0 Å². The van der Waals surface area contributed by atoms with Gasteiger partial charge in [0.2, 0.25) is 0 Å². The summed E-state index contributed by atoms with van der Waals surface area (Å²) < 4.78 is 17.7. The third kappa shape index (κ3) is 4.13. The topological polar surface area (TPSA) is 47.9 Å². The van der Waals surface area contributed by atoms with Gasteiger partial charge < -0.3 is 19.2 Å². The van der Waals surface area contributed by atoms with Crippen LogP contribution in [-0.4, -0.2) is 37.1 Å². The predicted octanol–water partition coefficient (Wildman–Crippen LogP) is 3.51. The van der Waals surface area contributed by atoms with Crippen LogP contribution in [0.4, 0.5) is 0 Å². The number of ether oxygens (including phenoxy) is 1. The largest absolute Gasteiger partial charge is 0.498 e. The molecule has 1 heterocycles. The van der Waals surface area contributed by atoms with Gasteiger partial charge in [0.15, 0.2) is 0 Å². The lowest BCUT2D eigenvalue weighted by Gasteiger charge is -2.32. The Kier molecular flexibility index (Phi) is 7.33. The Labute approximate surface area is 147 Å². The quantitative estimate of drug-likeness (QED) is 0.836. The minimum absolute atomic E-state index is 0.118. The second kappa shape index (κ2) is 8.37. The van der Waals surface area contributed by atoms with Gasteiger partial charge >= 0.3 is 7.12 Å². The van der Waals surface area contributed by atoms with Crippen LogP contribution in [0.3, 0.4) is 0 Å². The molecule has 1 saturated heterocycles. The molecule has 4 nitrogen and oxygen atoms in total. The van der Waals surface area contributed by atoms with Crippen LogP contribution in [-0.2, 0) is 9.31 Å². The summed E-state index contributed by atoms with van der Waals surface area (Å²) in [5.41, 5.74) is 1.18. The molecule has 1 N–H and O–H groups in total. The molecule has 0 aliphatic carbocycles. The van der Waals surface area contributed by atoms with Gasteiger partial charge in [0.1, 0.15) is 5.75 Å². The highest BCUT2D eigenvalue weighted by molar-refractivity contribution is 6.63. The van der Waals surface area contributed by atoms with Crippen molar-refractivity contribution in [3.8, 4) is 5.75 Å². The maximum atomic E-state index is 9.53. The molecule has 2 rings (SSSR count). The van der Waals surface area contributed by atoms with Crippen molar-refractivity contribution in [3.05, 3.63) is 23.8 Å². The lowest BCUT2D eigenvalue weighted by atomic mass is 9.76. The molecule has 1 aliphatic heterocycles. The Morgan fingerprint density at radius 3 is 2.08 bits per heavy atom. The van der Waals surface area contributed by atoms with Crippen molar-refractivity contribution in [3.63, 3.8) is 0 Å². The Balaban J connectivity index is 0.00000139. The molecular weight excluding hydrogens is 303 g/mol. The van der Waals surface area contributed by atoms with E-state index < -0.39 is 7.12 Å². The second-order valence-electron chi connectivity index (χ2n) is 6.88. The zero-order valence-electron chi connectivity index (χ0n) is 16.5. The van der Waals surface area contributed by atoms with Crippen LogP contribution in [0.25, 0.3) is 0 Å². The summed E-state index contributed by atoms with van der Waals surface area (Å²) in [7, 11) is 1.18. The molecule has 0 aromatic heterocycles. The Morgan fingerprint density at radius 2 is 1.67 bits per heavy atom. The first-order chi connectivity index (χ1) is 11.3. The number of methoxy groups -OCH3 is 1. The van der Waals surface area contributed by atoms with Crippen LogP contribution in [0.5, 0.6) is 5.75 Å². The third-order valence-corrected chi connectivity index (χ3v) is 4.95. The fraction of sp³-hybridized carbons (Fsp3) is 0.684. The smallest absolute Gasteiger partial charge is 0.497 e. The molecule has 0 radical (unpaired) electrons. The van der Waals surface area contributed by atoms with Crippen molar-refractivity contribution >= 4 is 12.6 Å². The summed E-state index contributed by atoms with van der Waals surface area (Å²) in [5, 5.41) is 9.53. The number of benzene rings is 1. The SMILES string of the molecule is CC.CCC(CO)c1ccc(OC)c(B2OC(C)(C)C(C)(C)O2)c1. The molecule has 0 bridgehead atoms. The molecule has 1 atom stereocenters. The summed E-state index contributed by atoms with van der Waals surface area (Å²) in [6.45, 7) is 14.3. The van der Waals surface area contributed by atoms with Crippen molar-refractivity contribution in [1.82, 2.24) is 0 Å². The summed E-state index contributed by atoms with van der Waals surface area (Å²) in [4.78, 5) is 0. The summed E-state index contributed by atoms with van der Waals surface area (Å²) >= 11 is 0. The lowest BCUT2D eigenvalue weighted by Crippen LogP contribution is -2.41. The Bertz CT molecular complexity index is 508. The normalized spacial score (nSPS) is 19.5. The van der Waals surface area contributed by atoms with Gasteiger partial charge in [-0.15, -0.1) is 0 Å². The van der Waals surface area contributed by atoms with Gasteiger partial charge in [-0.3, -0.25) is 0 Å². The van der Waals surface area contributed by atoms with E-state index in [-0.39, 0.29) is 23.7 Å². The molecule has 1 unspecified atom stereocenters. The lowest BCUT2D eigenvalue weighted by molar-refractivity contribution is 0.00578. The molecule has 1 fully saturated rings. The third-order valence-electron chi connectivity index (χ3n) is 4.95. The van der Waals surface area contributed by atoms with Gasteiger partial charge in [0, 0.05) is 18.0 Å². The van der Waals surface area contributed by atoms with E-state index >= 15 is 0 Å². The second-order valence-corrected chi connectivity index (χ2v) is 6.88. The minimum atomic E-state index is -0.462. The van der Waals surface area contributed by atoms with Crippen LogP contribution in [0.2, 0.25) is 0 Å². The average molecular weight is 336 g/mol. The fourth-order valence-electron chi connectivity index (χ4n) is 2.63. The molecule has 1 aromatic rings. The molecule has 24 heavy (non-hydrogen) atoms. The van der Waals surface area contributed by atoms with Crippen LogP contribution < -0.4 is 10.2 Å². The van der Waals surface area contributed by atoms with Crippen molar-refractivity contribution < 1.29 is 19.2 Å². The van der Waals surface area contributed by atoms with E-state index in [1.807, 2.05) is 59.7 Å².